The van der Waals surface area contributed by atoms with E-state index in [-0.39, 0.29) is 41.6 Å². The van der Waals surface area contributed by atoms with E-state index in [1.54, 1.807) is 18.2 Å². The number of morpholine rings is 1. The summed E-state index contributed by atoms with van der Waals surface area (Å²) in [4.78, 5) is 15.2. The Bertz CT molecular complexity index is 1070. The van der Waals surface area contributed by atoms with E-state index in [9.17, 15) is 13.2 Å². The van der Waals surface area contributed by atoms with Gasteiger partial charge in [0.1, 0.15) is 11.0 Å². The van der Waals surface area contributed by atoms with E-state index in [1.807, 2.05) is 24.3 Å². The highest BCUT2D eigenvalue weighted by Crippen LogP contribution is 2.26. The number of nitrogens with zero attached hydrogens (tertiary/aromatic N) is 2. The lowest BCUT2D eigenvalue weighted by molar-refractivity contribution is -0.137. The van der Waals surface area contributed by atoms with Crippen LogP contribution in [0.1, 0.15) is 18.4 Å². The smallest absolute Gasteiger partial charge is 0.250 e. The molecule has 2 saturated heterocycles. The van der Waals surface area contributed by atoms with Crippen molar-refractivity contribution < 1.29 is 17.9 Å². The summed E-state index contributed by atoms with van der Waals surface area (Å²) in [5, 5.41) is 3.94. The molecular weight excluding hydrogens is 485 g/mol. The third kappa shape index (κ3) is 6.07. The monoisotopic (exact) mass is 511 g/mol. The van der Waals surface area contributed by atoms with E-state index in [1.165, 1.54) is 15.9 Å². The zero-order valence-corrected chi connectivity index (χ0v) is 20.5. The van der Waals surface area contributed by atoms with Gasteiger partial charge in [-0.25, -0.2) is 8.42 Å². The second-order valence-corrected chi connectivity index (χ2v) is 11.1. The van der Waals surface area contributed by atoms with Crippen LogP contribution in [-0.2, 0) is 26.1 Å². The Hall–Kier alpha value is -1.68. The van der Waals surface area contributed by atoms with Crippen LogP contribution in [0.15, 0.2) is 53.4 Å². The topological polar surface area (TPSA) is 79.0 Å². The molecule has 2 aromatic carbocycles. The third-order valence-electron chi connectivity index (χ3n) is 6.03. The zero-order valence-electron chi connectivity index (χ0n) is 18.1. The molecule has 33 heavy (non-hydrogen) atoms. The molecule has 1 N–H and O–H groups in total. The Labute approximate surface area is 204 Å². The van der Waals surface area contributed by atoms with Crippen molar-refractivity contribution in [1.82, 2.24) is 14.5 Å². The van der Waals surface area contributed by atoms with Crippen LogP contribution in [0.2, 0.25) is 10.0 Å². The molecule has 2 heterocycles. The SMILES string of the molecule is O=C(NC1CCN(Cc2ccc(Cl)cc2)CC1)[C@H]1CN(S(=O)(=O)c2ccccc2Cl)CCO1. The predicted octanol–water partition coefficient (Wildman–Crippen LogP) is 3.16. The fourth-order valence-corrected chi connectivity index (χ4v) is 6.22. The lowest BCUT2D eigenvalue weighted by atomic mass is 10.0. The molecule has 4 rings (SSSR count). The maximum absolute atomic E-state index is 13.0. The second-order valence-electron chi connectivity index (χ2n) is 8.34. The number of hydrogen-bond acceptors (Lipinski definition) is 5. The van der Waals surface area contributed by atoms with Gasteiger partial charge in [0.2, 0.25) is 10.0 Å². The Morgan fingerprint density at radius 1 is 1.03 bits per heavy atom. The van der Waals surface area contributed by atoms with E-state index < -0.39 is 16.1 Å². The fourth-order valence-electron chi connectivity index (χ4n) is 4.17. The maximum atomic E-state index is 13.0. The van der Waals surface area contributed by atoms with E-state index >= 15 is 0 Å². The van der Waals surface area contributed by atoms with Crippen molar-refractivity contribution in [1.29, 1.82) is 0 Å². The summed E-state index contributed by atoms with van der Waals surface area (Å²) in [7, 11) is -3.81. The van der Waals surface area contributed by atoms with Gasteiger partial charge in [-0.1, -0.05) is 47.5 Å². The summed E-state index contributed by atoms with van der Waals surface area (Å²) in [5.41, 5.74) is 1.21. The minimum absolute atomic E-state index is 0.0329. The first kappa shape index (κ1) is 24.4. The predicted molar refractivity (Wildman–Crippen MR) is 128 cm³/mol. The Kier molecular flexibility index (Phi) is 7.94. The van der Waals surface area contributed by atoms with E-state index in [2.05, 4.69) is 10.2 Å². The summed E-state index contributed by atoms with van der Waals surface area (Å²) in [6.45, 7) is 2.88. The number of piperidine rings is 1. The van der Waals surface area contributed by atoms with E-state index in [0.29, 0.717) is 0 Å². The summed E-state index contributed by atoms with van der Waals surface area (Å²) in [6.07, 6.45) is 0.810. The van der Waals surface area contributed by atoms with Crippen molar-refractivity contribution in [3.05, 3.63) is 64.1 Å². The number of benzene rings is 2. The number of carbonyl (C=O) groups is 1. The van der Waals surface area contributed by atoms with Crippen molar-refractivity contribution in [3.63, 3.8) is 0 Å². The van der Waals surface area contributed by atoms with Crippen LogP contribution in [-0.4, -0.2) is 68.5 Å². The van der Waals surface area contributed by atoms with Crippen molar-refractivity contribution in [2.24, 2.45) is 0 Å². The minimum atomic E-state index is -3.81. The number of sulfonamides is 1. The molecule has 2 aromatic rings. The molecule has 0 spiro atoms. The van der Waals surface area contributed by atoms with Crippen LogP contribution in [0.4, 0.5) is 0 Å². The van der Waals surface area contributed by atoms with Crippen molar-refractivity contribution in [2.75, 3.05) is 32.8 Å². The van der Waals surface area contributed by atoms with E-state index in [0.717, 1.165) is 37.5 Å². The number of rotatable bonds is 6. The van der Waals surface area contributed by atoms with Gasteiger partial charge in [0.25, 0.3) is 5.91 Å². The lowest BCUT2D eigenvalue weighted by Gasteiger charge is -2.35. The quantitative estimate of drug-likeness (QED) is 0.644. The summed E-state index contributed by atoms with van der Waals surface area (Å²) in [5.74, 6) is -0.273. The van der Waals surface area contributed by atoms with Gasteiger partial charge in [-0.05, 0) is 42.7 Å². The molecule has 1 atom stereocenters. The van der Waals surface area contributed by atoms with Crippen LogP contribution < -0.4 is 5.32 Å². The minimum Gasteiger partial charge on any atom is -0.366 e. The number of carbonyl (C=O) groups excluding carboxylic acids is 1. The van der Waals surface area contributed by atoms with Crippen LogP contribution in [0.5, 0.6) is 0 Å². The van der Waals surface area contributed by atoms with Gasteiger partial charge in [-0.3, -0.25) is 9.69 Å². The number of amides is 1. The standard InChI is InChI=1S/C23H27Cl2N3O4S/c24-18-7-5-17(6-8-18)15-27-11-9-19(10-12-27)26-23(29)21-16-28(13-14-32-21)33(30,31)22-4-2-1-3-20(22)25/h1-8,19,21H,9-16H2,(H,26,29)/t21-/m1/s1. The highest BCUT2D eigenvalue weighted by atomic mass is 35.5. The molecule has 2 aliphatic heterocycles. The third-order valence-corrected chi connectivity index (χ3v) is 8.65. The molecule has 1 amide bonds. The normalized spacial score (nSPS) is 21.1. The fraction of sp³-hybridized carbons (Fsp3) is 0.435. The molecule has 0 radical (unpaired) electrons. The molecule has 0 aromatic heterocycles. The van der Waals surface area contributed by atoms with Gasteiger partial charge in [0.05, 0.1) is 11.6 Å². The zero-order chi connectivity index (χ0) is 23.4. The first-order chi connectivity index (χ1) is 15.8. The second kappa shape index (κ2) is 10.7. The summed E-state index contributed by atoms with van der Waals surface area (Å²) >= 11 is 12.1. The summed E-state index contributed by atoms with van der Waals surface area (Å²) in [6, 6.07) is 14.2. The molecular formula is C23H27Cl2N3O4S. The Morgan fingerprint density at radius 2 is 1.73 bits per heavy atom. The Balaban J connectivity index is 1.29. The van der Waals surface area contributed by atoms with Crippen LogP contribution in [0.25, 0.3) is 0 Å². The van der Waals surface area contributed by atoms with Crippen LogP contribution in [0.3, 0.4) is 0 Å². The highest BCUT2D eigenvalue weighted by Gasteiger charge is 2.35. The van der Waals surface area contributed by atoms with Gasteiger partial charge in [-0.15, -0.1) is 0 Å². The molecule has 0 unspecified atom stereocenters. The number of halogens is 2. The first-order valence-electron chi connectivity index (χ1n) is 11.0. The van der Waals surface area contributed by atoms with Crippen molar-refractivity contribution in [3.8, 4) is 0 Å². The molecule has 2 aliphatic rings. The highest BCUT2D eigenvalue weighted by molar-refractivity contribution is 7.89. The first-order valence-corrected chi connectivity index (χ1v) is 13.2. The molecule has 0 saturated carbocycles. The number of likely N-dealkylation sites (tertiary alicyclic amines) is 1. The summed E-state index contributed by atoms with van der Waals surface area (Å²) < 4.78 is 32.9. The molecule has 178 valence electrons. The molecule has 10 heteroatoms. The lowest BCUT2D eigenvalue weighted by Crippen LogP contribution is -2.54. The molecule has 0 bridgehead atoms. The van der Waals surface area contributed by atoms with Crippen molar-refractivity contribution >= 4 is 39.1 Å². The van der Waals surface area contributed by atoms with Gasteiger partial charge in [0, 0.05) is 43.8 Å². The van der Waals surface area contributed by atoms with Gasteiger partial charge in [-0.2, -0.15) is 4.31 Å². The molecule has 0 aliphatic carbocycles. The largest absolute Gasteiger partial charge is 0.366 e. The van der Waals surface area contributed by atoms with Gasteiger partial charge >= 0.3 is 0 Å². The number of hydrogen-bond donors (Lipinski definition) is 1. The van der Waals surface area contributed by atoms with Gasteiger partial charge < -0.3 is 10.1 Å². The molecule has 7 nitrogen and oxygen atoms in total. The van der Waals surface area contributed by atoms with Crippen LogP contribution >= 0.6 is 23.2 Å². The molecule has 2 fully saturated rings. The Morgan fingerprint density at radius 3 is 2.42 bits per heavy atom. The van der Waals surface area contributed by atoms with Gasteiger partial charge in [0.15, 0.2) is 0 Å². The van der Waals surface area contributed by atoms with Crippen LogP contribution in [0, 0.1) is 0 Å². The average molecular weight is 512 g/mol. The number of nitrogens with one attached hydrogen (secondary N) is 1. The number of ether oxygens (including phenoxy) is 1. The average Bonchev–Trinajstić information content (AvgIpc) is 2.82. The maximum Gasteiger partial charge on any atom is 0.250 e. The van der Waals surface area contributed by atoms with E-state index in [4.69, 9.17) is 27.9 Å². The van der Waals surface area contributed by atoms with Crippen molar-refractivity contribution in [2.45, 2.75) is 36.4 Å².